The first-order valence-electron chi connectivity index (χ1n) is 7.53. The maximum atomic E-state index is 11.9. The van der Waals surface area contributed by atoms with Gasteiger partial charge in [-0.3, -0.25) is 10.1 Å². The van der Waals surface area contributed by atoms with Gasteiger partial charge in [-0.1, -0.05) is 0 Å². The van der Waals surface area contributed by atoms with Crippen LogP contribution in [0.25, 0.3) is 0 Å². The van der Waals surface area contributed by atoms with Gasteiger partial charge in [-0.05, 0) is 46.5 Å². The molecule has 0 radical (unpaired) electrons. The van der Waals surface area contributed by atoms with E-state index in [9.17, 15) is 4.79 Å². The Morgan fingerprint density at radius 3 is 2.60 bits per heavy atom. The monoisotopic (exact) mass is 287 g/mol. The van der Waals surface area contributed by atoms with Gasteiger partial charge in [-0.15, -0.1) is 0 Å². The Balaban J connectivity index is 2.32. The maximum Gasteiger partial charge on any atom is 0.325 e. The van der Waals surface area contributed by atoms with Crippen molar-refractivity contribution in [3.63, 3.8) is 0 Å². The molecule has 0 saturated carbocycles. The van der Waals surface area contributed by atoms with Crippen LogP contribution in [0.2, 0.25) is 0 Å². The fraction of sp³-hybridized carbons (Fsp3) is 0.933. The first-order valence-corrected chi connectivity index (χ1v) is 7.53. The van der Waals surface area contributed by atoms with E-state index in [1.807, 2.05) is 20.8 Å². The van der Waals surface area contributed by atoms with Gasteiger partial charge in [0.25, 0.3) is 0 Å². The predicted octanol–water partition coefficient (Wildman–Crippen LogP) is 1.89. The summed E-state index contributed by atoms with van der Waals surface area (Å²) in [5.41, 5.74) is -0.637. The van der Waals surface area contributed by atoms with Crippen molar-refractivity contribution >= 4 is 5.97 Å². The number of hydrogen-bond acceptors (Lipinski definition) is 5. The molecule has 0 bridgehead atoms. The molecule has 1 atom stereocenters. The third kappa shape index (κ3) is 5.77. The molecular formula is C15H29NO4. The van der Waals surface area contributed by atoms with Crippen LogP contribution < -0.4 is 5.32 Å². The van der Waals surface area contributed by atoms with Crippen LogP contribution in [0.1, 0.15) is 46.5 Å². The summed E-state index contributed by atoms with van der Waals surface area (Å²) in [7, 11) is 1.43. The van der Waals surface area contributed by atoms with Crippen molar-refractivity contribution in [2.45, 2.75) is 64.1 Å². The topological polar surface area (TPSA) is 56.8 Å². The molecule has 1 N–H and O–H groups in total. The lowest BCUT2D eigenvalue weighted by Gasteiger charge is -2.30. The lowest BCUT2D eigenvalue weighted by atomic mass is 9.95. The van der Waals surface area contributed by atoms with Crippen molar-refractivity contribution in [2.24, 2.45) is 0 Å². The third-order valence-electron chi connectivity index (χ3n) is 3.59. The fourth-order valence-electron chi connectivity index (χ4n) is 2.61. The van der Waals surface area contributed by atoms with E-state index in [4.69, 9.17) is 14.2 Å². The number of methoxy groups -OCH3 is 1. The molecule has 0 aliphatic carbocycles. The molecule has 1 aliphatic heterocycles. The Labute approximate surface area is 122 Å². The minimum Gasteiger partial charge on any atom is -0.468 e. The molecule has 0 aromatic rings. The summed E-state index contributed by atoms with van der Waals surface area (Å²) in [5.74, 6) is -0.211. The number of nitrogens with one attached hydrogen (secondary N) is 1. The van der Waals surface area contributed by atoms with E-state index in [1.54, 1.807) is 0 Å². The molecule has 20 heavy (non-hydrogen) atoms. The van der Waals surface area contributed by atoms with Gasteiger partial charge >= 0.3 is 5.97 Å². The highest BCUT2D eigenvalue weighted by Gasteiger charge is 2.34. The van der Waals surface area contributed by atoms with Crippen molar-refractivity contribution in [1.29, 1.82) is 0 Å². The van der Waals surface area contributed by atoms with Crippen molar-refractivity contribution < 1.29 is 19.0 Å². The molecule has 0 spiro atoms. The summed E-state index contributed by atoms with van der Waals surface area (Å²) in [6.07, 6.45) is 3.80. The first kappa shape index (κ1) is 17.4. The Morgan fingerprint density at radius 1 is 1.40 bits per heavy atom. The SMILES string of the molecule is COC(=O)C(C)(CCCOC1CCOCC1)NC(C)C. The number of esters is 1. The maximum absolute atomic E-state index is 11.9. The average molecular weight is 287 g/mol. The molecule has 0 aromatic carbocycles. The number of carbonyl (C=O) groups is 1. The molecule has 5 nitrogen and oxygen atoms in total. The standard InChI is InChI=1S/C15H29NO4/c1-12(2)16-15(3,14(17)18-4)8-5-9-20-13-6-10-19-11-7-13/h12-13,16H,5-11H2,1-4H3. The number of ether oxygens (including phenoxy) is 3. The summed E-state index contributed by atoms with van der Waals surface area (Å²) < 4.78 is 16.0. The molecule has 1 aliphatic rings. The van der Waals surface area contributed by atoms with Crippen LogP contribution in [-0.2, 0) is 19.0 Å². The minimum atomic E-state index is -0.637. The number of carbonyl (C=O) groups excluding carboxylic acids is 1. The van der Waals surface area contributed by atoms with Crippen LogP contribution in [0, 0.1) is 0 Å². The van der Waals surface area contributed by atoms with E-state index < -0.39 is 5.54 Å². The Bertz CT molecular complexity index is 290. The second-order valence-corrected chi connectivity index (χ2v) is 5.91. The van der Waals surface area contributed by atoms with E-state index in [0.717, 1.165) is 32.5 Å². The van der Waals surface area contributed by atoms with Gasteiger partial charge in [-0.25, -0.2) is 0 Å². The van der Waals surface area contributed by atoms with Gasteiger partial charge in [-0.2, -0.15) is 0 Å². The fourth-order valence-corrected chi connectivity index (χ4v) is 2.61. The van der Waals surface area contributed by atoms with Crippen LogP contribution in [0.3, 0.4) is 0 Å². The molecule has 5 heteroatoms. The summed E-state index contributed by atoms with van der Waals surface area (Å²) >= 11 is 0. The summed E-state index contributed by atoms with van der Waals surface area (Å²) in [6.45, 7) is 8.21. The summed E-state index contributed by atoms with van der Waals surface area (Å²) in [6, 6.07) is 0.232. The van der Waals surface area contributed by atoms with Gasteiger partial charge in [0.05, 0.1) is 13.2 Å². The van der Waals surface area contributed by atoms with E-state index in [-0.39, 0.29) is 12.0 Å². The first-order chi connectivity index (χ1) is 9.48. The number of hydrogen-bond donors (Lipinski definition) is 1. The van der Waals surface area contributed by atoms with Crippen molar-refractivity contribution in [2.75, 3.05) is 26.9 Å². The molecule has 1 saturated heterocycles. The molecule has 1 fully saturated rings. The van der Waals surface area contributed by atoms with Gasteiger partial charge in [0, 0.05) is 25.9 Å². The van der Waals surface area contributed by atoms with Gasteiger partial charge in [0.15, 0.2) is 0 Å². The van der Waals surface area contributed by atoms with Gasteiger partial charge < -0.3 is 14.2 Å². The van der Waals surface area contributed by atoms with Crippen LogP contribution in [0.5, 0.6) is 0 Å². The zero-order valence-corrected chi connectivity index (χ0v) is 13.2. The summed E-state index contributed by atoms with van der Waals surface area (Å²) in [5, 5.41) is 3.30. The second kappa shape index (κ2) is 8.60. The molecule has 1 heterocycles. The largest absolute Gasteiger partial charge is 0.468 e. The molecule has 1 unspecified atom stereocenters. The van der Waals surface area contributed by atoms with E-state index >= 15 is 0 Å². The van der Waals surface area contributed by atoms with Crippen molar-refractivity contribution in [3.8, 4) is 0 Å². The van der Waals surface area contributed by atoms with E-state index in [2.05, 4.69) is 5.32 Å². The Morgan fingerprint density at radius 2 is 2.05 bits per heavy atom. The van der Waals surface area contributed by atoms with Crippen LogP contribution >= 0.6 is 0 Å². The Hall–Kier alpha value is -0.650. The van der Waals surface area contributed by atoms with Crippen LogP contribution in [0.15, 0.2) is 0 Å². The quantitative estimate of drug-likeness (QED) is 0.546. The summed E-state index contributed by atoms with van der Waals surface area (Å²) in [4.78, 5) is 11.9. The van der Waals surface area contributed by atoms with Gasteiger partial charge in [0.1, 0.15) is 5.54 Å². The van der Waals surface area contributed by atoms with E-state index in [0.29, 0.717) is 19.1 Å². The average Bonchev–Trinajstić information content (AvgIpc) is 2.43. The van der Waals surface area contributed by atoms with Gasteiger partial charge in [0.2, 0.25) is 0 Å². The zero-order chi connectivity index (χ0) is 15.0. The highest BCUT2D eigenvalue weighted by Crippen LogP contribution is 2.17. The second-order valence-electron chi connectivity index (χ2n) is 5.91. The molecule has 0 amide bonds. The lowest BCUT2D eigenvalue weighted by molar-refractivity contribution is -0.148. The predicted molar refractivity (Wildman–Crippen MR) is 77.7 cm³/mol. The van der Waals surface area contributed by atoms with Crippen LogP contribution in [0.4, 0.5) is 0 Å². The van der Waals surface area contributed by atoms with Crippen molar-refractivity contribution in [3.05, 3.63) is 0 Å². The highest BCUT2D eigenvalue weighted by molar-refractivity contribution is 5.80. The zero-order valence-electron chi connectivity index (χ0n) is 13.2. The van der Waals surface area contributed by atoms with E-state index in [1.165, 1.54) is 7.11 Å². The molecule has 1 rings (SSSR count). The number of rotatable bonds is 8. The molecule has 0 aromatic heterocycles. The molecule has 118 valence electrons. The normalized spacial score (nSPS) is 19.9. The smallest absolute Gasteiger partial charge is 0.325 e. The Kier molecular flexibility index (Phi) is 7.48. The van der Waals surface area contributed by atoms with Crippen LogP contribution in [-0.4, -0.2) is 50.6 Å². The highest BCUT2D eigenvalue weighted by atomic mass is 16.5. The minimum absolute atomic E-state index is 0.211. The lowest BCUT2D eigenvalue weighted by Crippen LogP contribution is -2.53. The van der Waals surface area contributed by atoms with Crippen molar-refractivity contribution in [1.82, 2.24) is 5.32 Å². The molecular weight excluding hydrogens is 258 g/mol. The third-order valence-corrected chi connectivity index (χ3v) is 3.59.